The second-order valence-corrected chi connectivity index (χ2v) is 9.46. The molecule has 0 heterocycles. The van der Waals surface area contributed by atoms with Crippen LogP contribution in [0.3, 0.4) is 0 Å². The Morgan fingerprint density at radius 3 is 2.21 bits per heavy atom. The average molecular weight is 482 g/mol. The van der Waals surface area contributed by atoms with E-state index in [4.69, 9.17) is 4.74 Å². The molecule has 0 aliphatic heterocycles. The summed E-state index contributed by atoms with van der Waals surface area (Å²) < 4.78 is 33.8. The zero-order valence-corrected chi connectivity index (χ0v) is 18.9. The van der Waals surface area contributed by atoms with Crippen molar-refractivity contribution < 1.29 is 22.7 Å². The quantitative estimate of drug-likeness (QED) is 0.433. The Bertz CT molecular complexity index is 956. The summed E-state index contributed by atoms with van der Waals surface area (Å²) in [6.07, 6.45) is 0.552. The van der Waals surface area contributed by atoms with Crippen molar-refractivity contribution in [1.82, 2.24) is 4.72 Å². The van der Waals surface area contributed by atoms with Gasteiger partial charge in [0, 0.05) is 10.0 Å². The van der Waals surface area contributed by atoms with Crippen molar-refractivity contribution in [2.45, 2.75) is 38.1 Å². The van der Waals surface area contributed by atoms with Crippen molar-refractivity contribution in [2.24, 2.45) is 5.92 Å². The lowest BCUT2D eigenvalue weighted by Crippen LogP contribution is -2.46. The summed E-state index contributed by atoms with van der Waals surface area (Å²) in [4.78, 5) is 24.9. The smallest absolute Gasteiger partial charge is 0.324 e. The van der Waals surface area contributed by atoms with Crippen LogP contribution in [0.15, 0.2) is 57.9 Å². The number of carbonyl (C=O) groups excluding carboxylic acids is 2. The Morgan fingerprint density at radius 2 is 1.66 bits per heavy atom. The minimum Gasteiger partial charge on any atom is -0.456 e. The van der Waals surface area contributed by atoms with E-state index in [1.807, 2.05) is 13.8 Å². The fraction of sp³-hybridized carbons (Fsp3) is 0.333. The molecule has 0 saturated carbocycles. The number of benzene rings is 2. The number of rotatable bonds is 9. The molecule has 0 radical (unpaired) electrons. The summed E-state index contributed by atoms with van der Waals surface area (Å²) in [5.74, 6) is -1.46. The molecular formula is C21H24BrNO5S. The Hall–Kier alpha value is -2.03. The number of halogens is 1. The van der Waals surface area contributed by atoms with Crippen molar-refractivity contribution in [2.75, 3.05) is 6.61 Å². The lowest BCUT2D eigenvalue weighted by molar-refractivity contribution is -0.145. The number of esters is 1. The van der Waals surface area contributed by atoms with Crippen LogP contribution >= 0.6 is 15.9 Å². The minimum atomic E-state index is -3.91. The molecule has 2 aromatic rings. The molecule has 156 valence electrons. The van der Waals surface area contributed by atoms with Crippen molar-refractivity contribution in [1.29, 1.82) is 0 Å². The van der Waals surface area contributed by atoms with E-state index in [2.05, 4.69) is 20.7 Å². The van der Waals surface area contributed by atoms with Gasteiger partial charge in [-0.25, -0.2) is 8.42 Å². The van der Waals surface area contributed by atoms with Gasteiger partial charge in [0.05, 0.1) is 4.90 Å². The molecule has 0 unspecified atom stereocenters. The summed E-state index contributed by atoms with van der Waals surface area (Å²) in [6.45, 7) is 4.99. The molecule has 2 rings (SSSR count). The molecule has 0 aromatic heterocycles. The van der Waals surface area contributed by atoms with E-state index >= 15 is 0 Å². The highest BCUT2D eigenvalue weighted by Crippen LogP contribution is 2.16. The number of hydrogen-bond donors (Lipinski definition) is 1. The second kappa shape index (κ2) is 10.1. The Labute approximate surface area is 179 Å². The van der Waals surface area contributed by atoms with Crippen LogP contribution in [-0.2, 0) is 19.6 Å². The van der Waals surface area contributed by atoms with Crippen LogP contribution in [0, 0.1) is 12.8 Å². The van der Waals surface area contributed by atoms with Gasteiger partial charge in [-0.2, -0.15) is 4.72 Å². The fourth-order valence-corrected chi connectivity index (χ4v) is 4.09. The van der Waals surface area contributed by atoms with Gasteiger partial charge in [0.15, 0.2) is 12.4 Å². The largest absolute Gasteiger partial charge is 0.456 e. The number of hydrogen-bond acceptors (Lipinski definition) is 5. The maximum atomic E-state index is 12.7. The van der Waals surface area contributed by atoms with E-state index in [9.17, 15) is 18.0 Å². The first-order chi connectivity index (χ1) is 13.6. The fourth-order valence-electron chi connectivity index (χ4n) is 2.53. The number of ketones is 1. The van der Waals surface area contributed by atoms with Gasteiger partial charge in [-0.1, -0.05) is 66.0 Å². The molecule has 0 saturated heterocycles. The lowest BCUT2D eigenvalue weighted by atomic mass is 10.0. The SMILES string of the molecule is CC[C@H](C)[C@H](NS(=O)(=O)c1ccc(C)cc1)C(=O)OCC(=O)c1ccc(Br)cc1. The van der Waals surface area contributed by atoms with Gasteiger partial charge in [0.2, 0.25) is 10.0 Å². The molecule has 1 N–H and O–H groups in total. The summed E-state index contributed by atoms with van der Waals surface area (Å²) >= 11 is 3.29. The Morgan fingerprint density at radius 1 is 1.07 bits per heavy atom. The number of carbonyl (C=O) groups is 2. The minimum absolute atomic E-state index is 0.0649. The topological polar surface area (TPSA) is 89.5 Å². The first kappa shape index (κ1) is 23.3. The van der Waals surface area contributed by atoms with E-state index < -0.39 is 28.6 Å². The molecule has 0 bridgehead atoms. The van der Waals surface area contributed by atoms with Crippen LogP contribution in [0.5, 0.6) is 0 Å². The van der Waals surface area contributed by atoms with Crippen LogP contribution < -0.4 is 4.72 Å². The Balaban J connectivity index is 2.10. The van der Waals surface area contributed by atoms with Gasteiger partial charge in [0.1, 0.15) is 6.04 Å². The third kappa shape index (κ3) is 6.48. The Kier molecular flexibility index (Phi) is 8.13. The first-order valence-corrected chi connectivity index (χ1v) is 11.5. The van der Waals surface area contributed by atoms with Crippen molar-refractivity contribution in [3.63, 3.8) is 0 Å². The van der Waals surface area contributed by atoms with E-state index in [0.717, 1.165) is 10.0 Å². The van der Waals surface area contributed by atoms with Crippen LogP contribution in [0.2, 0.25) is 0 Å². The van der Waals surface area contributed by atoms with Crippen LogP contribution in [0.25, 0.3) is 0 Å². The molecule has 0 aliphatic rings. The number of aryl methyl sites for hydroxylation is 1. The van der Waals surface area contributed by atoms with Gasteiger partial charge in [-0.15, -0.1) is 0 Å². The van der Waals surface area contributed by atoms with Gasteiger partial charge >= 0.3 is 5.97 Å². The highest BCUT2D eigenvalue weighted by Gasteiger charge is 2.31. The molecule has 0 spiro atoms. The van der Waals surface area contributed by atoms with Gasteiger partial charge < -0.3 is 4.74 Å². The van der Waals surface area contributed by atoms with E-state index in [1.54, 1.807) is 43.3 Å². The van der Waals surface area contributed by atoms with Gasteiger partial charge in [-0.05, 0) is 37.1 Å². The molecule has 2 aromatic carbocycles. The first-order valence-electron chi connectivity index (χ1n) is 9.18. The second-order valence-electron chi connectivity index (χ2n) is 6.84. The molecule has 8 heteroatoms. The molecule has 29 heavy (non-hydrogen) atoms. The van der Waals surface area contributed by atoms with E-state index in [-0.39, 0.29) is 16.6 Å². The standard InChI is InChI=1S/C21H24BrNO5S/c1-4-15(3)20(23-29(26,27)18-11-5-14(2)6-12-18)21(25)28-13-19(24)16-7-9-17(22)10-8-16/h5-12,15,20,23H,4,13H2,1-3H3/t15-,20-/m0/s1. The zero-order chi connectivity index (χ0) is 21.6. The monoisotopic (exact) mass is 481 g/mol. The number of nitrogens with one attached hydrogen (secondary N) is 1. The van der Waals surface area contributed by atoms with Gasteiger partial charge in [0.25, 0.3) is 0 Å². The number of sulfonamides is 1. The molecule has 0 fully saturated rings. The van der Waals surface area contributed by atoms with Crippen LogP contribution in [0.4, 0.5) is 0 Å². The predicted octanol–water partition coefficient (Wildman–Crippen LogP) is 3.88. The highest BCUT2D eigenvalue weighted by molar-refractivity contribution is 9.10. The maximum absolute atomic E-state index is 12.7. The van der Waals surface area contributed by atoms with E-state index in [0.29, 0.717) is 12.0 Å². The summed E-state index contributed by atoms with van der Waals surface area (Å²) in [5, 5.41) is 0. The van der Waals surface area contributed by atoms with Crippen LogP contribution in [0.1, 0.15) is 36.2 Å². The predicted molar refractivity (Wildman–Crippen MR) is 114 cm³/mol. The molecule has 0 aliphatic carbocycles. The van der Waals surface area contributed by atoms with Crippen LogP contribution in [-0.4, -0.2) is 32.8 Å². The number of ether oxygens (including phenoxy) is 1. The van der Waals surface area contributed by atoms with Crippen molar-refractivity contribution >= 4 is 37.7 Å². The summed E-state index contributed by atoms with van der Waals surface area (Å²) in [7, 11) is -3.91. The molecular weight excluding hydrogens is 458 g/mol. The van der Waals surface area contributed by atoms with Crippen molar-refractivity contribution in [3.05, 3.63) is 64.1 Å². The highest BCUT2D eigenvalue weighted by atomic mass is 79.9. The number of Topliss-reactive ketones (excluding diaryl/α,β-unsaturated/α-hetero) is 1. The normalized spacial score (nSPS) is 13.5. The summed E-state index contributed by atoms with van der Waals surface area (Å²) in [6, 6.07) is 11.9. The summed E-state index contributed by atoms with van der Waals surface area (Å²) in [5.41, 5.74) is 1.33. The molecule has 2 atom stereocenters. The molecule has 0 amide bonds. The maximum Gasteiger partial charge on any atom is 0.324 e. The van der Waals surface area contributed by atoms with E-state index in [1.165, 1.54) is 12.1 Å². The molecule has 6 nitrogen and oxygen atoms in total. The third-order valence-electron chi connectivity index (χ3n) is 4.59. The lowest BCUT2D eigenvalue weighted by Gasteiger charge is -2.22. The van der Waals surface area contributed by atoms with Gasteiger partial charge in [-0.3, -0.25) is 9.59 Å². The third-order valence-corrected chi connectivity index (χ3v) is 6.58. The average Bonchev–Trinajstić information content (AvgIpc) is 2.70. The zero-order valence-electron chi connectivity index (χ0n) is 16.5. The van der Waals surface area contributed by atoms with Crippen molar-refractivity contribution in [3.8, 4) is 0 Å².